The molecule has 1 unspecified atom stereocenters. The van der Waals surface area contributed by atoms with Crippen molar-refractivity contribution in [2.45, 2.75) is 12.8 Å². The number of ether oxygens (including phenoxy) is 1. The number of likely N-dealkylation sites (tertiary alicyclic amines) is 1. The van der Waals surface area contributed by atoms with Crippen molar-refractivity contribution in [2.75, 3.05) is 26.8 Å². The molecule has 0 spiro atoms. The fraction of sp³-hybridized carbons (Fsp3) is 0.350. The second-order valence-electron chi connectivity index (χ2n) is 6.37. The van der Waals surface area contributed by atoms with Crippen LogP contribution in [-0.2, 0) is 0 Å². The molecule has 1 atom stereocenters. The molecule has 1 aliphatic heterocycles. The number of benzene rings is 2. The summed E-state index contributed by atoms with van der Waals surface area (Å²) >= 11 is 0. The van der Waals surface area contributed by atoms with Gasteiger partial charge in [-0.2, -0.15) is 0 Å². The van der Waals surface area contributed by atoms with Gasteiger partial charge in [-0.1, -0.05) is 18.2 Å². The lowest BCUT2D eigenvalue weighted by Gasteiger charge is -2.32. The number of carbonyl (C=O) groups is 1. The Morgan fingerprint density at radius 1 is 1.24 bits per heavy atom. The van der Waals surface area contributed by atoms with Gasteiger partial charge >= 0.3 is 0 Å². The van der Waals surface area contributed by atoms with Crippen LogP contribution in [-0.4, -0.2) is 42.7 Å². The number of amides is 1. The predicted molar refractivity (Wildman–Crippen MR) is 94.1 cm³/mol. The fourth-order valence-electron chi connectivity index (χ4n) is 3.22. The first-order chi connectivity index (χ1) is 12.1. The van der Waals surface area contributed by atoms with Gasteiger partial charge in [0.15, 0.2) is 0 Å². The smallest absolute Gasteiger partial charge is 0.256 e. The van der Waals surface area contributed by atoms with Gasteiger partial charge in [0.1, 0.15) is 11.6 Å². The number of hydrogen-bond donors (Lipinski definition) is 1. The van der Waals surface area contributed by atoms with Crippen LogP contribution >= 0.6 is 0 Å². The highest BCUT2D eigenvalue weighted by atomic mass is 19.1. The number of nitrogens with zero attached hydrogens (tertiary/aromatic N) is 1. The molecule has 132 valence electrons. The van der Waals surface area contributed by atoms with Gasteiger partial charge in [-0.3, -0.25) is 4.79 Å². The van der Waals surface area contributed by atoms with Crippen molar-refractivity contribution in [2.24, 2.45) is 5.92 Å². The maximum Gasteiger partial charge on any atom is 0.256 e. The van der Waals surface area contributed by atoms with Crippen molar-refractivity contribution in [1.29, 1.82) is 0 Å². The third-order valence-corrected chi connectivity index (χ3v) is 4.69. The molecule has 4 nitrogen and oxygen atoms in total. The lowest BCUT2D eigenvalue weighted by molar-refractivity contribution is 0.0616. The zero-order valence-electron chi connectivity index (χ0n) is 14.2. The summed E-state index contributed by atoms with van der Waals surface area (Å²) in [7, 11) is 1.59. The standard InChI is InChI=1S/C20H22FNO3/c1-25-17-7-4-15(5-8-17)16-6-9-18(19(21)11-16)20(24)22-10-2-3-14(12-22)13-23/h4-9,11,14,23H,2-3,10,12-13H2,1H3. The van der Waals surface area contributed by atoms with Crippen LogP contribution in [0.25, 0.3) is 11.1 Å². The number of aliphatic hydroxyl groups is 1. The maximum atomic E-state index is 14.5. The molecule has 0 radical (unpaired) electrons. The van der Waals surface area contributed by atoms with Crippen molar-refractivity contribution >= 4 is 5.91 Å². The molecule has 1 aliphatic rings. The Morgan fingerprint density at radius 3 is 2.60 bits per heavy atom. The highest BCUT2D eigenvalue weighted by Crippen LogP contribution is 2.26. The van der Waals surface area contributed by atoms with Crippen molar-refractivity contribution < 1.29 is 19.0 Å². The molecule has 1 amide bonds. The van der Waals surface area contributed by atoms with Crippen molar-refractivity contribution in [1.82, 2.24) is 4.90 Å². The highest BCUT2D eigenvalue weighted by molar-refractivity contribution is 5.95. The molecule has 1 fully saturated rings. The fourth-order valence-corrected chi connectivity index (χ4v) is 3.22. The van der Waals surface area contributed by atoms with Crippen LogP contribution in [0.1, 0.15) is 23.2 Å². The summed E-state index contributed by atoms with van der Waals surface area (Å²) < 4.78 is 19.7. The van der Waals surface area contributed by atoms with Gasteiger partial charge in [0.25, 0.3) is 5.91 Å². The van der Waals surface area contributed by atoms with Crippen molar-refractivity contribution in [3.05, 3.63) is 53.8 Å². The van der Waals surface area contributed by atoms with E-state index in [2.05, 4.69) is 0 Å². The van der Waals surface area contributed by atoms with E-state index in [0.29, 0.717) is 18.7 Å². The van der Waals surface area contributed by atoms with E-state index in [1.807, 2.05) is 24.3 Å². The molecule has 0 bridgehead atoms. The van der Waals surface area contributed by atoms with Gasteiger partial charge in [0, 0.05) is 19.7 Å². The molecular formula is C20H22FNO3. The summed E-state index contributed by atoms with van der Waals surface area (Å²) in [4.78, 5) is 14.2. The van der Waals surface area contributed by atoms with E-state index in [4.69, 9.17) is 4.74 Å². The topological polar surface area (TPSA) is 49.8 Å². The zero-order chi connectivity index (χ0) is 17.8. The lowest BCUT2D eigenvalue weighted by Crippen LogP contribution is -2.41. The summed E-state index contributed by atoms with van der Waals surface area (Å²) in [5.41, 5.74) is 1.65. The van der Waals surface area contributed by atoms with E-state index >= 15 is 0 Å². The Balaban J connectivity index is 1.80. The molecule has 1 heterocycles. The molecule has 2 aromatic carbocycles. The number of aliphatic hydroxyl groups excluding tert-OH is 1. The van der Waals surface area contributed by atoms with Gasteiger partial charge in [-0.25, -0.2) is 4.39 Å². The molecular weight excluding hydrogens is 321 g/mol. The van der Waals surface area contributed by atoms with Crippen LogP contribution in [0.5, 0.6) is 5.75 Å². The monoisotopic (exact) mass is 343 g/mol. The number of piperidine rings is 1. The largest absolute Gasteiger partial charge is 0.497 e. The summed E-state index contributed by atoms with van der Waals surface area (Å²) in [6.45, 7) is 1.15. The van der Waals surface area contributed by atoms with E-state index in [9.17, 15) is 14.3 Å². The van der Waals surface area contributed by atoms with Crippen LogP contribution in [0.2, 0.25) is 0 Å². The quantitative estimate of drug-likeness (QED) is 0.926. The number of carbonyl (C=O) groups excluding carboxylic acids is 1. The van der Waals surface area contributed by atoms with E-state index in [1.54, 1.807) is 24.1 Å². The predicted octanol–water partition coefficient (Wildman–Crippen LogP) is 3.35. The van der Waals surface area contributed by atoms with Crippen LogP contribution in [0.4, 0.5) is 4.39 Å². The molecule has 0 aromatic heterocycles. The first-order valence-corrected chi connectivity index (χ1v) is 8.46. The van der Waals surface area contributed by atoms with E-state index < -0.39 is 5.82 Å². The maximum absolute atomic E-state index is 14.5. The van der Waals surface area contributed by atoms with Crippen LogP contribution in [0.3, 0.4) is 0 Å². The van der Waals surface area contributed by atoms with Crippen molar-refractivity contribution in [3.63, 3.8) is 0 Å². The molecule has 1 saturated heterocycles. The summed E-state index contributed by atoms with van der Waals surface area (Å²) in [5, 5.41) is 9.29. The second kappa shape index (κ2) is 7.66. The molecule has 1 N–H and O–H groups in total. The third kappa shape index (κ3) is 3.82. The minimum absolute atomic E-state index is 0.0582. The third-order valence-electron chi connectivity index (χ3n) is 4.69. The van der Waals surface area contributed by atoms with Gasteiger partial charge in [-0.15, -0.1) is 0 Å². The van der Waals surface area contributed by atoms with Gasteiger partial charge < -0.3 is 14.7 Å². The minimum atomic E-state index is -0.524. The first kappa shape index (κ1) is 17.4. The van der Waals surface area contributed by atoms with Crippen molar-refractivity contribution in [3.8, 4) is 16.9 Å². The highest BCUT2D eigenvalue weighted by Gasteiger charge is 2.25. The molecule has 3 rings (SSSR count). The first-order valence-electron chi connectivity index (χ1n) is 8.46. The normalized spacial score (nSPS) is 17.4. The van der Waals surface area contributed by atoms with Gasteiger partial charge in [0.05, 0.1) is 12.7 Å². The van der Waals surface area contributed by atoms with Crippen LogP contribution in [0, 0.1) is 11.7 Å². The van der Waals surface area contributed by atoms with E-state index in [0.717, 1.165) is 24.2 Å². The Labute approximate surface area is 146 Å². The van der Waals surface area contributed by atoms with E-state index in [1.165, 1.54) is 6.07 Å². The Hall–Kier alpha value is -2.40. The SMILES string of the molecule is COc1ccc(-c2ccc(C(=O)N3CCCC(CO)C3)c(F)c2)cc1. The molecule has 0 aliphatic carbocycles. The Morgan fingerprint density at radius 2 is 1.96 bits per heavy atom. The number of halogens is 1. The van der Waals surface area contributed by atoms with E-state index in [-0.39, 0.29) is 24.0 Å². The van der Waals surface area contributed by atoms with Crippen LogP contribution in [0.15, 0.2) is 42.5 Å². The van der Waals surface area contributed by atoms with Crippen LogP contribution < -0.4 is 4.74 Å². The number of hydrogen-bond acceptors (Lipinski definition) is 3. The Kier molecular flexibility index (Phi) is 5.34. The molecule has 2 aromatic rings. The molecule has 0 saturated carbocycles. The summed E-state index contributed by atoms with van der Waals surface area (Å²) in [6, 6.07) is 12.0. The molecule has 25 heavy (non-hydrogen) atoms. The van der Waals surface area contributed by atoms with Gasteiger partial charge in [-0.05, 0) is 54.2 Å². The molecule has 5 heteroatoms. The lowest BCUT2D eigenvalue weighted by atomic mass is 9.97. The summed E-state index contributed by atoms with van der Waals surface area (Å²) in [6.07, 6.45) is 1.74. The second-order valence-corrected chi connectivity index (χ2v) is 6.37. The zero-order valence-corrected chi connectivity index (χ0v) is 14.2. The number of rotatable bonds is 4. The minimum Gasteiger partial charge on any atom is -0.497 e. The summed E-state index contributed by atoms with van der Waals surface area (Å²) in [5.74, 6) is -0.0136. The Bertz CT molecular complexity index is 745. The van der Waals surface area contributed by atoms with Gasteiger partial charge in [0.2, 0.25) is 0 Å². The number of methoxy groups -OCH3 is 1. The average molecular weight is 343 g/mol. The average Bonchev–Trinajstić information content (AvgIpc) is 2.67.